The van der Waals surface area contributed by atoms with Gasteiger partial charge < -0.3 is 10.6 Å². The molecule has 1 heterocycles. The highest BCUT2D eigenvalue weighted by Gasteiger charge is 2.16. The molecule has 1 aliphatic heterocycles. The second kappa shape index (κ2) is 10.7. The van der Waals surface area contributed by atoms with Crippen LogP contribution in [-0.2, 0) is 11.3 Å². The molecule has 6 nitrogen and oxygen atoms in total. The molecule has 0 unspecified atom stereocenters. The average Bonchev–Trinajstić information content (AvgIpc) is 2.74. The number of carbonyl (C=O) groups is 2. The summed E-state index contributed by atoms with van der Waals surface area (Å²) in [4.78, 5) is 28.9. The van der Waals surface area contributed by atoms with Crippen molar-refractivity contribution in [1.29, 1.82) is 0 Å². The Hall–Kier alpha value is -2.70. The fourth-order valence-electron chi connectivity index (χ4n) is 3.48. The zero-order chi connectivity index (χ0) is 20.5. The van der Waals surface area contributed by atoms with Crippen LogP contribution in [0.1, 0.15) is 21.5 Å². The fraction of sp³-hybridized carbons (Fsp3) is 0.391. The third-order valence-electron chi connectivity index (χ3n) is 5.15. The Kier molecular flexibility index (Phi) is 7.78. The SMILES string of the molecule is Cc1cccc(C(=O)NCC(=O)NCCN2CCN(Cc3ccccc3)CC2)c1. The smallest absolute Gasteiger partial charge is 0.251 e. The van der Waals surface area contributed by atoms with Crippen molar-refractivity contribution in [3.63, 3.8) is 0 Å². The first kappa shape index (κ1) is 21.0. The van der Waals surface area contributed by atoms with Crippen molar-refractivity contribution in [2.45, 2.75) is 13.5 Å². The minimum absolute atomic E-state index is 0.00235. The van der Waals surface area contributed by atoms with Crippen molar-refractivity contribution in [3.05, 3.63) is 71.3 Å². The lowest BCUT2D eigenvalue weighted by Crippen LogP contribution is -2.48. The first-order chi connectivity index (χ1) is 14.1. The first-order valence-corrected chi connectivity index (χ1v) is 10.2. The highest BCUT2D eigenvalue weighted by atomic mass is 16.2. The maximum absolute atomic E-state index is 12.1. The predicted octanol–water partition coefficient (Wildman–Crippen LogP) is 1.66. The second-order valence-corrected chi connectivity index (χ2v) is 7.51. The summed E-state index contributed by atoms with van der Waals surface area (Å²) < 4.78 is 0. The van der Waals surface area contributed by atoms with E-state index < -0.39 is 0 Å². The summed E-state index contributed by atoms with van der Waals surface area (Å²) in [6, 6.07) is 17.9. The summed E-state index contributed by atoms with van der Waals surface area (Å²) in [5, 5.41) is 5.56. The van der Waals surface area contributed by atoms with Crippen LogP contribution < -0.4 is 10.6 Å². The molecule has 2 aromatic carbocycles. The van der Waals surface area contributed by atoms with Gasteiger partial charge in [-0.25, -0.2) is 0 Å². The second-order valence-electron chi connectivity index (χ2n) is 7.51. The third-order valence-corrected chi connectivity index (χ3v) is 5.15. The van der Waals surface area contributed by atoms with Crippen LogP contribution in [0.25, 0.3) is 0 Å². The lowest BCUT2D eigenvalue weighted by atomic mass is 10.1. The van der Waals surface area contributed by atoms with Gasteiger partial charge in [0.25, 0.3) is 5.91 Å². The Morgan fingerprint density at radius 2 is 1.62 bits per heavy atom. The van der Waals surface area contributed by atoms with Crippen molar-refractivity contribution in [2.24, 2.45) is 0 Å². The van der Waals surface area contributed by atoms with Crippen LogP contribution in [0, 0.1) is 6.92 Å². The van der Waals surface area contributed by atoms with Gasteiger partial charge in [-0.15, -0.1) is 0 Å². The number of piperazine rings is 1. The number of aryl methyl sites for hydroxylation is 1. The molecule has 0 bridgehead atoms. The van der Waals surface area contributed by atoms with Crippen molar-refractivity contribution in [1.82, 2.24) is 20.4 Å². The van der Waals surface area contributed by atoms with E-state index in [0.717, 1.165) is 44.8 Å². The third kappa shape index (κ3) is 7.00. The first-order valence-electron chi connectivity index (χ1n) is 10.2. The maximum atomic E-state index is 12.1. The summed E-state index contributed by atoms with van der Waals surface area (Å²) in [5.41, 5.74) is 2.94. The number of carbonyl (C=O) groups excluding carboxylic acids is 2. The van der Waals surface area contributed by atoms with Gasteiger partial charge in [-0.05, 0) is 24.6 Å². The van der Waals surface area contributed by atoms with E-state index in [4.69, 9.17) is 0 Å². The summed E-state index contributed by atoms with van der Waals surface area (Å²) in [6.45, 7) is 8.44. The van der Waals surface area contributed by atoms with Gasteiger partial charge in [0, 0.05) is 51.4 Å². The van der Waals surface area contributed by atoms with Crippen LogP contribution in [0.3, 0.4) is 0 Å². The van der Waals surface area contributed by atoms with Crippen LogP contribution in [-0.4, -0.2) is 67.4 Å². The number of nitrogens with zero attached hydrogens (tertiary/aromatic N) is 2. The molecular weight excluding hydrogens is 364 g/mol. The number of nitrogens with one attached hydrogen (secondary N) is 2. The number of rotatable bonds is 8. The molecule has 2 amide bonds. The topological polar surface area (TPSA) is 64.7 Å². The summed E-state index contributed by atoms with van der Waals surface area (Å²) in [6.07, 6.45) is 0. The Balaban J connectivity index is 1.28. The maximum Gasteiger partial charge on any atom is 0.251 e. The lowest BCUT2D eigenvalue weighted by molar-refractivity contribution is -0.120. The highest BCUT2D eigenvalue weighted by Crippen LogP contribution is 2.08. The van der Waals surface area contributed by atoms with Gasteiger partial charge in [0.1, 0.15) is 0 Å². The van der Waals surface area contributed by atoms with Gasteiger partial charge in [-0.1, -0.05) is 48.0 Å². The van der Waals surface area contributed by atoms with Gasteiger partial charge >= 0.3 is 0 Å². The van der Waals surface area contributed by atoms with E-state index in [1.807, 2.05) is 31.2 Å². The molecule has 1 fully saturated rings. The van der Waals surface area contributed by atoms with E-state index >= 15 is 0 Å². The molecule has 3 rings (SSSR count). The molecule has 6 heteroatoms. The number of benzene rings is 2. The van der Waals surface area contributed by atoms with Crippen molar-refractivity contribution < 1.29 is 9.59 Å². The van der Waals surface area contributed by atoms with E-state index in [0.29, 0.717) is 12.1 Å². The minimum atomic E-state index is -0.224. The van der Waals surface area contributed by atoms with E-state index in [-0.39, 0.29) is 18.4 Å². The lowest BCUT2D eigenvalue weighted by Gasteiger charge is -2.34. The van der Waals surface area contributed by atoms with E-state index in [2.05, 4.69) is 44.7 Å². The summed E-state index contributed by atoms with van der Waals surface area (Å²) >= 11 is 0. The molecule has 0 saturated carbocycles. The van der Waals surface area contributed by atoms with Crippen molar-refractivity contribution in [3.8, 4) is 0 Å². The van der Waals surface area contributed by atoms with Crippen LogP contribution >= 0.6 is 0 Å². The predicted molar refractivity (Wildman–Crippen MR) is 115 cm³/mol. The van der Waals surface area contributed by atoms with Gasteiger partial charge in [-0.3, -0.25) is 19.4 Å². The Bertz CT molecular complexity index is 802. The molecule has 0 aliphatic carbocycles. The molecule has 2 aromatic rings. The van der Waals surface area contributed by atoms with E-state index in [9.17, 15) is 9.59 Å². The van der Waals surface area contributed by atoms with Gasteiger partial charge in [0.15, 0.2) is 0 Å². The molecule has 1 saturated heterocycles. The van der Waals surface area contributed by atoms with Crippen LogP contribution in [0.15, 0.2) is 54.6 Å². The normalized spacial score (nSPS) is 15.1. The Morgan fingerprint density at radius 3 is 2.34 bits per heavy atom. The average molecular weight is 395 g/mol. The molecule has 0 radical (unpaired) electrons. The van der Waals surface area contributed by atoms with Crippen molar-refractivity contribution in [2.75, 3.05) is 45.8 Å². The molecule has 29 heavy (non-hydrogen) atoms. The molecule has 0 atom stereocenters. The fourth-order valence-corrected chi connectivity index (χ4v) is 3.48. The minimum Gasteiger partial charge on any atom is -0.353 e. The zero-order valence-electron chi connectivity index (χ0n) is 17.1. The zero-order valence-corrected chi connectivity index (χ0v) is 17.1. The van der Waals surface area contributed by atoms with Gasteiger partial charge in [0.2, 0.25) is 5.91 Å². The molecule has 2 N–H and O–H groups in total. The number of amides is 2. The van der Waals surface area contributed by atoms with Crippen LogP contribution in [0.5, 0.6) is 0 Å². The molecular formula is C23H30N4O2. The quantitative estimate of drug-likeness (QED) is 0.715. The Labute approximate surface area is 172 Å². The number of hydrogen-bond donors (Lipinski definition) is 2. The van der Waals surface area contributed by atoms with Gasteiger partial charge in [-0.2, -0.15) is 0 Å². The van der Waals surface area contributed by atoms with E-state index in [1.165, 1.54) is 5.56 Å². The molecule has 1 aliphatic rings. The standard InChI is InChI=1S/C23H30N4O2/c1-19-6-5-9-21(16-19)23(29)25-17-22(28)24-10-11-26-12-14-27(15-13-26)18-20-7-3-2-4-8-20/h2-9,16H,10-15,17-18H2,1H3,(H,24,28)(H,25,29). The summed E-state index contributed by atoms with van der Waals surface area (Å²) in [5.74, 6) is -0.382. The molecule has 0 aromatic heterocycles. The summed E-state index contributed by atoms with van der Waals surface area (Å²) in [7, 11) is 0. The van der Waals surface area contributed by atoms with Crippen LogP contribution in [0.2, 0.25) is 0 Å². The monoisotopic (exact) mass is 394 g/mol. The largest absolute Gasteiger partial charge is 0.353 e. The molecule has 0 spiro atoms. The number of hydrogen-bond acceptors (Lipinski definition) is 4. The highest BCUT2D eigenvalue weighted by molar-refractivity contribution is 5.96. The Morgan fingerprint density at radius 1 is 0.897 bits per heavy atom. The molecule has 154 valence electrons. The van der Waals surface area contributed by atoms with Crippen molar-refractivity contribution >= 4 is 11.8 Å². The van der Waals surface area contributed by atoms with E-state index in [1.54, 1.807) is 6.07 Å². The van der Waals surface area contributed by atoms with Crippen LogP contribution in [0.4, 0.5) is 0 Å². The van der Waals surface area contributed by atoms with Gasteiger partial charge in [0.05, 0.1) is 6.54 Å².